The maximum atomic E-state index is 13.2. The van der Waals surface area contributed by atoms with Crippen LogP contribution in [0, 0.1) is 5.82 Å². The van der Waals surface area contributed by atoms with E-state index >= 15 is 0 Å². The number of thioether (sulfide) groups is 1. The molecule has 0 aromatic heterocycles. The molecule has 0 fully saturated rings. The van der Waals surface area contributed by atoms with Gasteiger partial charge in [0.1, 0.15) is 5.82 Å². The summed E-state index contributed by atoms with van der Waals surface area (Å²) < 4.78 is 39.9. The minimum absolute atomic E-state index is 0.000543. The highest BCUT2D eigenvalue weighted by Gasteiger charge is 2.17. The number of nitrogens with one attached hydrogen (secondary N) is 2. The lowest BCUT2D eigenvalue weighted by atomic mass is 10.3. The molecule has 2 aromatic rings. The van der Waals surface area contributed by atoms with Gasteiger partial charge in [0.05, 0.1) is 15.2 Å². The number of hydrogen-bond donors (Lipinski definition) is 2. The van der Waals surface area contributed by atoms with Crippen LogP contribution in [-0.4, -0.2) is 25.6 Å². The normalized spacial score (nSPS) is 12.8. The third kappa shape index (κ3) is 6.21. The predicted molar refractivity (Wildman–Crippen MR) is 107 cm³/mol. The van der Waals surface area contributed by atoms with Crippen LogP contribution in [-0.2, 0) is 14.8 Å². The molecule has 1 unspecified atom stereocenters. The van der Waals surface area contributed by atoms with Gasteiger partial charge >= 0.3 is 0 Å². The van der Waals surface area contributed by atoms with Gasteiger partial charge in [0.25, 0.3) is 0 Å². The van der Waals surface area contributed by atoms with E-state index in [0.717, 1.165) is 0 Å². The van der Waals surface area contributed by atoms with Gasteiger partial charge in [-0.15, -0.1) is 11.8 Å². The van der Waals surface area contributed by atoms with Crippen LogP contribution in [0.4, 0.5) is 10.1 Å². The van der Waals surface area contributed by atoms with E-state index in [2.05, 4.69) is 10.0 Å². The first-order valence-corrected chi connectivity index (χ1v) is 10.9. The second-order valence-corrected chi connectivity index (χ2v) is 9.66. The molecule has 1 atom stereocenters. The van der Waals surface area contributed by atoms with Crippen molar-refractivity contribution < 1.29 is 17.6 Å². The molecule has 2 N–H and O–H groups in total. The average Bonchev–Trinajstić information content (AvgIpc) is 2.57. The third-order valence-electron chi connectivity index (χ3n) is 3.40. The van der Waals surface area contributed by atoms with Crippen LogP contribution >= 0.6 is 23.4 Å². The van der Waals surface area contributed by atoms with Crippen molar-refractivity contribution in [2.24, 2.45) is 0 Å². The van der Waals surface area contributed by atoms with Crippen molar-refractivity contribution in [3.8, 4) is 0 Å². The number of rotatable bonds is 7. The highest BCUT2D eigenvalue weighted by atomic mass is 35.5. The highest BCUT2D eigenvalue weighted by molar-refractivity contribution is 8.00. The summed E-state index contributed by atoms with van der Waals surface area (Å²) in [6.07, 6.45) is 0. The maximum Gasteiger partial charge on any atom is 0.240 e. The molecule has 2 rings (SSSR count). The lowest BCUT2D eigenvalue weighted by Crippen LogP contribution is -2.30. The van der Waals surface area contributed by atoms with Gasteiger partial charge in [-0.2, -0.15) is 0 Å². The molecular weight excluding hydrogens is 411 g/mol. The maximum absolute atomic E-state index is 13.2. The van der Waals surface area contributed by atoms with Gasteiger partial charge in [-0.05, 0) is 63.2 Å². The smallest absolute Gasteiger partial charge is 0.240 e. The Balaban J connectivity index is 2.01. The number of amides is 1. The van der Waals surface area contributed by atoms with E-state index in [1.165, 1.54) is 48.2 Å². The van der Waals surface area contributed by atoms with E-state index in [9.17, 15) is 17.6 Å². The second kappa shape index (κ2) is 9.05. The molecule has 9 heteroatoms. The van der Waals surface area contributed by atoms with Gasteiger partial charge in [-0.3, -0.25) is 4.79 Å². The van der Waals surface area contributed by atoms with E-state index in [-0.39, 0.29) is 21.9 Å². The van der Waals surface area contributed by atoms with Crippen molar-refractivity contribution in [3.05, 3.63) is 53.3 Å². The molecule has 5 nitrogen and oxygen atoms in total. The van der Waals surface area contributed by atoms with Crippen LogP contribution < -0.4 is 10.0 Å². The molecule has 0 radical (unpaired) electrons. The van der Waals surface area contributed by atoms with Crippen molar-refractivity contribution in [2.45, 2.75) is 41.9 Å². The molecule has 0 spiro atoms. The van der Waals surface area contributed by atoms with E-state index in [1.54, 1.807) is 26.8 Å². The van der Waals surface area contributed by atoms with Crippen LogP contribution in [0.15, 0.2) is 52.3 Å². The van der Waals surface area contributed by atoms with Crippen molar-refractivity contribution in [2.75, 3.05) is 5.32 Å². The summed E-state index contributed by atoms with van der Waals surface area (Å²) >= 11 is 6.99. The lowest BCUT2D eigenvalue weighted by molar-refractivity contribution is -0.115. The SMILES string of the molecule is CC(C)NS(=O)(=O)c1ccc(NC(=O)C(C)Sc2ccc(F)c(Cl)c2)cc1. The molecule has 146 valence electrons. The summed E-state index contributed by atoms with van der Waals surface area (Å²) in [4.78, 5) is 13.1. The zero-order chi connectivity index (χ0) is 20.2. The van der Waals surface area contributed by atoms with Crippen molar-refractivity contribution in [1.82, 2.24) is 4.72 Å². The quantitative estimate of drug-likeness (QED) is 0.642. The molecule has 0 aliphatic rings. The summed E-state index contributed by atoms with van der Waals surface area (Å²) in [6, 6.07) is 9.96. The fraction of sp³-hybridized carbons (Fsp3) is 0.278. The Labute approximate surface area is 167 Å². The first-order chi connectivity index (χ1) is 12.6. The monoisotopic (exact) mass is 430 g/mol. The molecule has 0 aliphatic carbocycles. The van der Waals surface area contributed by atoms with Crippen LogP contribution in [0.2, 0.25) is 5.02 Å². The molecular formula is C18H20ClFN2O3S2. The zero-order valence-electron chi connectivity index (χ0n) is 15.0. The summed E-state index contributed by atoms with van der Waals surface area (Å²) in [6.45, 7) is 5.18. The molecule has 1 amide bonds. The van der Waals surface area contributed by atoms with Crippen LogP contribution in [0.3, 0.4) is 0 Å². The molecule has 0 heterocycles. The van der Waals surface area contributed by atoms with E-state index in [4.69, 9.17) is 11.6 Å². The number of hydrogen-bond acceptors (Lipinski definition) is 4. The van der Waals surface area contributed by atoms with E-state index < -0.39 is 21.1 Å². The Morgan fingerprint density at radius 1 is 1.11 bits per heavy atom. The molecule has 0 aliphatic heterocycles. The summed E-state index contributed by atoms with van der Waals surface area (Å²) in [5.74, 6) is -0.781. The van der Waals surface area contributed by atoms with Crippen molar-refractivity contribution in [3.63, 3.8) is 0 Å². The Kier molecular flexibility index (Phi) is 7.27. The standard InChI is InChI=1S/C18H20ClFN2O3S2/c1-11(2)22-27(24,25)15-7-4-13(5-8-15)21-18(23)12(3)26-14-6-9-17(20)16(19)10-14/h4-12,22H,1-3H3,(H,21,23). The number of carbonyl (C=O) groups excluding carboxylic acids is 1. The number of benzene rings is 2. The zero-order valence-corrected chi connectivity index (χ0v) is 17.4. The molecule has 0 saturated carbocycles. The fourth-order valence-electron chi connectivity index (χ4n) is 2.15. The van der Waals surface area contributed by atoms with Crippen molar-refractivity contribution in [1.29, 1.82) is 0 Å². The van der Waals surface area contributed by atoms with Gasteiger partial charge in [0.2, 0.25) is 15.9 Å². The first-order valence-electron chi connectivity index (χ1n) is 8.13. The topological polar surface area (TPSA) is 75.3 Å². The van der Waals surface area contributed by atoms with Gasteiger partial charge < -0.3 is 5.32 Å². The Bertz CT molecular complexity index is 919. The Hall–Kier alpha value is -1.61. The lowest BCUT2D eigenvalue weighted by Gasteiger charge is -2.13. The van der Waals surface area contributed by atoms with Crippen LogP contribution in [0.5, 0.6) is 0 Å². The first kappa shape index (κ1) is 21.7. The van der Waals surface area contributed by atoms with Crippen LogP contribution in [0.1, 0.15) is 20.8 Å². The number of anilines is 1. The number of sulfonamides is 1. The second-order valence-electron chi connectivity index (χ2n) is 6.13. The Morgan fingerprint density at radius 2 is 1.74 bits per heavy atom. The minimum Gasteiger partial charge on any atom is -0.325 e. The largest absolute Gasteiger partial charge is 0.325 e. The van der Waals surface area contributed by atoms with Gasteiger partial charge in [-0.1, -0.05) is 11.6 Å². The number of halogens is 2. The van der Waals surface area contributed by atoms with Gasteiger partial charge in [0, 0.05) is 16.6 Å². The van der Waals surface area contributed by atoms with Gasteiger partial charge in [-0.25, -0.2) is 17.5 Å². The Morgan fingerprint density at radius 3 is 2.30 bits per heavy atom. The molecule has 2 aromatic carbocycles. The van der Waals surface area contributed by atoms with Crippen LogP contribution in [0.25, 0.3) is 0 Å². The highest BCUT2D eigenvalue weighted by Crippen LogP contribution is 2.28. The number of carbonyl (C=O) groups is 1. The molecule has 27 heavy (non-hydrogen) atoms. The summed E-state index contributed by atoms with van der Waals surface area (Å²) in [5.41, 5.74) is 0.480. The predicted octanol–water partition coefficient (Wildman–Crippen LogP) is 4.29. The average molecular weight is 431 g/mol. The minimum atomic E-state index is -3.58. The molecule has 0 bridgehead atoms. The fourth-order valence-corrected chi connectivity index (χ4v) is 4.55. The summed E-state index contributed by atoms with van der Waals surface area (Å²) in [7, 11) is -3.58. The van der Waals surface area contributed by atoms with E-state index in [0.29, 0.717) is 10.6 Å². The van der Waals surface area contributed by atoms with Gasteiger partial charge in [0.15, 0.2) is 0 Å². The molecule has 0 saturated heterocycles. The summed E-state index contributed by atoms with van der Waals surface area (Å²) in [5, 5.41) is 2.26. The van der Waals surface area contributed by atoms with E-state index in [1.807, 2.05) is 0 Å². The van der Waals surface area contributed by atoms with Crippen molar-refractivity contribution >= 4 is 45.0 Å². The third-order valence-corrected chi connectivity index (χ3v) is 6.45.